The summed E-state index contributed by atoms with van der Waals surface area (Å²) >= 11 is 0. The quantitative estimate of drug-likeness (QED) is 0.873. The molecule has 0 unspecified atom stereocenters. The molecule has 0 atom stereocenters. The van der Waals surface area contributed by atoms with E-state index in [9.17, 15) is 4.79 Å². The summed E-state index contributed by atoms with van der Waals surface area (Å²) < 4.78 is 1.91. The highest BCUT2D eigenvalue weighted by Gasteiger charge is 1.95. The van der Waals surface area contributed by atoms with Crippen LogP contribution in [0, 0.1) is 0 Å². The predicted octanol–water partition coefficient (Wildman–Crippen LogP) is 2.36. The molecule has 86 valence electrons. The molecule has 4 heteroatoms. The van der Waals surface area contributed by atoms with Crippen LogP contribution in [0.2, 0.25) is 0 Å². The summed E-state index contributed by atoms with van der Waals surface area (Å²) in [5, 5.41) is 8.50. The third kappa shape index (κ3) is 3.04. The molecular formula is C13H12N2O2. The van der Waals surface area contributed by atoms with Gasteiger partial charge in [-0.3, -0.25) is 4.79 Å². The second-order valence-electron chi connectivity index (χ2n) is 3.56. The molecule has 0 aliphatic carbocycles. The maximum atomic E-state index is 10.3. The monoisotopic (exact) mass is 228 g/mol. The fraction of sp³-hybridized carbons (Fsp3) is 0.0769. The normalized spacial score (nSPS) is 10.8. The summed E-state index contributed by atoms with van der Waals surface area (Å²) in [4.78, 5) is 14.3. The number of carboxylic acids is 1. The van der Waals surface area contributed by atoms with Crippen molar-refractivity contribution in [2.75, 3.05) is 0 Å². The molecule has 2 rings (SSSR count). The van der Waals surface area contributed by atoms with Gasteiger partial charge in [-0.1, -0.05) is 24.3 Å². The van der Waals surface area contributed by atoms with Gasteiger partial charge >= 0.3 is 5.97 Å². The van der Waals surface area contributed by atoms with E-state index >= 15 is 0 Å². The molecule has 0 aliphatic rings. The van der Waals surface area contributed by atoms with E-state index in [-0.39, 0.29) is 6.42 Å². The fourth-order valence-corrected chi connectivity index (χ4v) is 1.47. The molecular weight excluding hydrogens is 216 g/mol. The molecule has 0 saturated carbocycles. The largest absolute Gasteiger partial charge is 0.481 e. The lowest BCUT2D eigenvalue weighted by Crippen LogP contribution is -1.90. The van der Waals surface area contributed by atoms with Crippen molar-refractivity contribution in [1.29, 1.82) is 0 Å². The molecule has 0 spiro atoms. The van der Waals surface area contributed by atoms with Crippen LogP contribution in [0.15, 0.2) is 49.1 Å². The number of aliphatic carboxylic acids is 1. The Morgan fingerprint density at radius 3 is 2.71 bits per heavy atom. The van der Waals surface area contributed by atoms with Crippen LogP contribution in [0.3, 0.4) is 0 Å². The Balaban J connectivity index is 2.08. The van der Waals surface area contributed by atoms with E-state index in [1.807, 2.05) is 35.0 Å². The van der Waals surface area contributed by atoms with Crippen molar-refractivity contribution in [2.45, 2.75) is 6.42 Å². The van der Waals surface area contributed by atoms with E-state index in [0.29, 0.717) is 0 Å². The number of hydrogen-bond acceptors (Lipinski definition) is 2. The third-order valence-corrected chi connectivity index (χ3v) is 2.30. The Hall–Kier alpha value is -2.36. The lowest BCUT2D eigenvalue weighted by atomic mass is 10.2. The van der Waals surface area contributed by atoms with Gasteiger partial charge in [-0.2, -0.15) is 0 Å². The fourth-order valence-electron chi connectivity index (χ4n) is 1.47. The van der Waals surface area contributed by atoms with Gasteiger partial charge in [0.2, 0.25) is 0 Å². The zero-order valence-corrected chi connectivity index (χ0v) is 9.15. The topological polar surface area (TPSA) is 55.1 Å². The van der Waals surface area contributed by atoms with Crippen molar-refractivity contribution < 1.29 is 9.90 Å². The number of carbonyl (C=O) groups is 1. The lowest BCUT2D eigenvalue weighted by Gasteiger charge is -2.01. The maximum Gasteiger partial charge on any atom is 0.307 e. The summed E-state index contributed by atoms with van der Waals surface area (Å²) in [6.45, 7) is 0. The minimum atomic E-state index is -0.823. The Morgan fingerprint density at radius 2 is 2.12 bits per heavy atom. The van der Waals surface area contributed by atoms with Gasteiger partial charge in [0.1, 0.15) is 0 Å². The van der Waals surface area contributed by atoms with Crippen molar-refractivity contribution in [3.8, 4) is 5.69 Å². The average molecular weight is 228 g/mol. The summed E-state index contributed by atoms with van der Waals surface area (Å²) in [6, 6.07) is 7.80. The zero-order valence-electron chi connectivity index (χ0n) is 9.15. The van der Waals surface area contributed by atoms with Crippen LogP contribution in [-0.4, -0.2) is 20.6 Å². The Kier molecular flexibility index (Phi) is 3.35. The summed E-state index contributed by atoms with van der Waals surface area (Å²) in [6.07, 6.45) is 8.80. The first-order valence-electron chi connectivity index (χ1n) is 5.22. The van der Waals surface area contributed by atoms with E-state index in [1.165, 1.54) is 0 Å². The third-order valence-electron chi connectivity index (χ3n) is 2.30. The van der Waals surface area contributed by atoms with Gasteiger partial charge in [-0.15, -0.1) is 0 Å². The molecule has 4 nitrogen and oxygen atoms in total. The molecule has 0 radical (unpaired) electrons. The van der Waals surface area contributed by atoms with Crippen LogP contribution < -0.4 is 0 Å². The molecule has 0 saturated heterocycles. The number of nitrogens with zero attached hydrogens (tertiary/aromatic N) is 2. The maximum absolute atomic E-state index is 10.3. The standard InChI is InChI=1S/C13H12N2O2/c16-13(17)3-1-2-11-4-6-12(7-5-11)15-9-8-14-10-15/h1-2,4-10H,3H2,(H,16,17)/b2-1+. The molecule has 2 aromatic rings. The van der Waals surface area contributed by atoms with E-state index in [4.69, 9.17) is 5.11 Å². The Bertz CT molecular complexity index is 513. The molecule has 17 heavy (non-hydrogen) atoms. The number of hydrogen-bond donors (Lipinski definition) is 1. The van der Waals surface area contributed by atoms with Crippen molar-refractivity contribution in [3.63, 3.8) is 0 Å². The highest BCUT2D eigenvalue weighted by Crippen LogP contribution is 2.10. The van der Waals surface area contributed by atoms with E-state index in [0.717, 1.165) is 11.3 Å². The van der Waals surface area contributed by atoms with E-state index in [1.54, 1.807) is 24.7 Å². The summed E-state index contributed by atoms with van der Waals surface area (Å²) in [7, 11) is 0. The van der Waals surface area contributed by atoms with Gasteiger partial charge in [0.25, 0.3) is 0 Å². The highest BCUT2D eigenvalue weighted by molar-refractivity contribution is 5.70. The summed E-state index contributed by atoms with van der Waals surface area (Å²) in [5.41, 5.74) is 2.01. The minimum absolute atomic E-state index is 0.0449. The van der Waals surface area contributed by atoms with Gasteiger partial charge in [0, 0.05) is 18.1 Å². The first kappa shape index (κ1) is 11.1. The molecule has 1 aromatic carbocycles. The van der Waals surface area contributed by atoms with Gasteiger partial charge in [-0.25, -0.2) is 4.98 Å². The van der Waals surface area contributed by atoms with Crippen molar-refractivity contribution >= 4 is 12.0 Å². The SMILES string of the molecule is O=C(O)C/C=C/c1ccc(-n2ccnc2)cc1. The van der Waals surface area contributed by atoms with Gasteiger partial charge in [0.15, 0.2) is 0 Å². The van der Waals surface area contributed by atoms with Crippen LogP contribution in [0.1, 0.15) is 12.0 Å². The van der Waals surface area contributed by atoms with Crippen molar-refractivity contribution in [1.82, 2.24) is 9.55 Å². The van der Waals surface area contributed by atoms with Crippen LogP contribution >= 0.6 is 0 Å². The molecule has 1 heterocycles. The number of benzene rings is 1. The average Bonchev–Trinajstić information content (AvgIpc) is 2.83. The molecule has 1 N–H and O–H groups in total. The summed E-state index contributed by atoms with van der Waals surface area (Å²) in [5.74, 6) is -0.823. The highest BCUT2D eigenvalue weighted by atomic mass is 16.4. The Labute approximate surface area is 98.9 Å². The van der Waals surface area contributed by atoms with E-state index in [2.05, 4.69) is 4.98 Å². The molecule has 0 fully saturated rings. The first-order chi connectivity index (χ1) is 8.25. The molecule has 0 amide bonds. The number of rotatable bonds is 4. The second-order valence-corrected chi connectivity index (χ2v) is 3.56. The predicted molar refractivity (Wildman–Crippen MR) is 64.9 cm³/mol. The van der Waals surface area contributed by atoms with Gasteiger partial charge in [-0.05, 0) is 17.7 Å². The number of carboxylic acid groups (broad SMARTS) is 1. The van der Waals surface area contributed by atoms with Crippen LogP contribution in [0.5, 0.6) is 0 Å². The number of aromatic nitrogens is 2. The van der Waals surface area contributed by atoms with E-state index < -0.39 is 5.97 Å². The smallest absolute Gasteiger partial charge is 0.307 e. The first-order valence-corrected chi connectivity index (χ1v) is 5.22. The van der Waals surface area contributed by atoms with Crippen molar-refractivity contribution in [3.05, 3.63) is 54.6 Å². The minimum Gasteiger partial charge on any atom is -0.481 e. The van der Waals surface area contributed by atoms with Crippen LogP contribution in [0.25, 0.3) is 11.8 Å². The Morgan fingerprint density at radius 1 is 1.35 bits per heavy atom. The van der Waals surface area contributed by atoms with Crippen LogP contribution in [-0.2, 0) is 4.79 Å². The van der Waals surface area contributed by atoms with Crippen molar-refractivity contribution in [2.24, 2.45) is 0 Å². The second kappa shape index (κ2) is 5.12. The van der Waals surface area contributed by atoms with Gasteiger partial charge in [0.05, 0.1) is 12.7 Å². The zero-order chi connectivity index (χ0) is 12.1. The number of imidazole rings is 1. The van der Waals surface area contributed by atoms with Crippen LogP contribution in [0.4, 0.5) is 0 Å². The lowest BCUT2D eigenvalue weighted by molar-refractivity contribution is -0.135. The molecule has 1 aromatic heterocycles. The molecule has 0 bridgehead atoms. The molecule has 0 aliphatic heterocycles. The van der Waals surface area contributed by atoms with Gasteiger partial charge < -0.3 is 9.67 Å².